The number of nitrogens with zero attached hydrogens (tertiary/aromatic N) is 2. The second-order valence-electron chi connectivity index (χ2n) is 6.45. The number of nitrogens with one attached hydrogen (secondary N) is 1. The van der Waals surface area contributed by atoms with Crippen molar-refractivity contribution in [3.63, 3.8) is 0 Å². The molecule has 0 unspecified atom stereocenters. The minimum Gasteiger partial charge on any atom is -0.351 e. The first-order valence-corrected chi connectivity index (χ1v) is 9.52. The predicted molar refractivity (Wildman–Crippen MR) is 104 cm³/mol. The molecule has 2 aromatic rings. The van der Waals surface area contributed by atoms with E-state index in [1.807, 2.05) is 36.4 Å². The molecule has 0 bridgehead atoms. The molecule has 0 saturated carbocycles. The van der Waals surface area contributed by atoms with Crippen molar-refractivity contribution in [1.82, 2.24) is 15.2 Å². The van der Waals surface area contributed by atoms with Crippen LogP contribution in [0.1, 0.15) is 38.1 Å². The van der Waals surface area contributed by atoms with Gasteiger partial charge >= 0.3 is 0 Å². The minimum atomic E-state index is -0.0704. The van der Waals surface area contributed by atoms with Crippen LogP contribution in [0.4, 0.5) is 0 Å². The van der Waals surface area contributed by atoms with Crippen molar-refractivity contribution in [1.29, 1.82) is 0 Å². The number of hydrogen-bond acceptors (Lipinski definition) is 4. The van der Waals surface area contributed by atoms with Crippen LogP contribution in [-0.2, 0) is 0 Å². The van der Waals surface area contributed by atoms with Gasteiger partial charge in [-0.25, -0.2) is 4.98 Å². The smallest absolute Gasteiger partial charge is 0.254 e. The van der Waals surface area contributed by atoms with E-state index in [2.05, 4.69) is 42.9 Å². The highest BCUT2D eigenvalue weighted by atomic mass is 32.2. The topological polar surface area (TPSA) is 45.2 Å². The van der Waals surface area contributed by atoms with Crippen molar-refractivity contribution in [3.05, 3.63) is 54.2 Å². The average Bonchev–Trinajstić information content (AvgIpc) is 2.59. The van der Waals surface area contributed by atoms with Gasteiger partial charge in [-0.1, -0.05) is 30.0 Å². The highest BCUT2D eigenvalue weighted by Gasteiger charge is 2.16. The van der Waals surface area contributed by atoms with Gasteiger partial charge < -0.3 is 5.32 Å². The van der Waals surface area contributed by atoms with Crippen molar-refractivity contribution in [2.24, 2.45) is 0 Å². The molecule has 0 aliphatic rings. The van der Waals surface area contributed by atoms with E-state index in [0.29, 0.717) is 24.2 Å². The second-order valence-corrected chi connectivity index (χ2v) is 7.51. The van der Waals surface area contributed by atoms with Crippen LogP contribution in [0.15, 0.2) is 58.6 Å². The Morgan fingerprint density at radius 1 is 1.08 bits per heavy atom. The fraction of sp³-hybridized carbons (Fsp3) is 0.400. The van der Waals surface area contributed by atoms with Crippen molar-refractivity contribution >= 4 is 17.7 Å². The van der Waals surface area contributed by atoms with Gasteiger partial charge in [0.2, 0.25) is 0 Å². The molecule has 1 heterocycles. The molecule has 4 nitrogen and oxygen atoms in total. The van der Waals surface area contributed by atoms with E-state index >= 15 is 0 Å². The molecule has 0 atom stereocenters. The first-order chi connectivity index (χ1) is 12.0. The van der Waals surface area contributed by atoms with Crippen LogP contribution >= 0.6 is 11.8 Å². The molecule has 5 heteroatoms. The Bertz CT molecular complexity index is 666. The third-order valence-electron chi connectivity index (χ3n) is 3.96. The fourth-order valence-corrected chi connectivity index (χ4v) is 3.65. The molecule has 1 N–H and O–H groups in total. The summed E-state index contributed by atoms with van der Waals surface area (Å²) < 4.78 is 0. The molecule has 2 rings (SSSR count). The highest BCUT2D eigenvalue weighted by Crippen LogP contribution is 2.28. The summed E-state index contributed by atoms with van der Waals surface area (Å²) in [5, 5.41) is 3.76. The predicted octanol–water partition coefficient (Wildman–Crippen LogP) is 4.08. The molecule has 134 valence electrons. The van der Waals surface area contributed by atoms with E-state index in [-0.39, 0.29) is 5.91 Å². The maximum atomic E-state index is 12.6. The number of hydrogen-bond donors (Lipinski definition) is 1. The standard InChI is InChI=1S/C20H27N3OS/c1-15(2)23(16(3)4)14-13-21-19(24)18-11-8-12-22-20(18)25-17-9-6-5-7-10-17/h5-12,15-16H,13-14H2,1-4H3,(H,21,24). The van der Waals surface area contributed by atoms with Crippen LogP contribution < -0.4 is 5.32 Å². The van der Waals surface area contributed by atoms with Crippen LogP contribution in [0.25, 0.3) is 0 Å². The Morgan fingerprint density at radius 2 is 1.76 bits per heavy atom. The Kier molecular flexibility index (Phi) is 7.47. The number of pyridine rings is 1. The molecule has 0 radical (unpaired) electrons. The van der Waals surface area contributed by atoms with Crippen molar-refractivity contribution < 1.29 is 4.79 Å². The molecule has 0 spiro atoms. The number of amides is 1. The van der Waals surface area contributed by atoms with Gasteiger partial charge in [0.15, 0.2) is 0 Å². The summed E-state index contributed by atoms with van der Waals surface area (Å²) >= 11 is 1.51. The molecule has 0 fully saturated rings. The number of benzene rings is 1. The van der Waals surface area contributed by atoms with Crippen LogP contribution in [0.3, 0.4) is 0 Å². The Labute approximate surface area is 155 Å². The van der Waals surface area contributed by atoms with Crippen molar-refractivity contribution in [3.8, 4) is 0 Å². The van der Waals surface area contributed by atoms with Gasteiger partial charge in [-0.05, 0) is 52.0 Å². The lowest BCUT2D eigenvalue weighted by Crippen LogP contribution is -2.42. The van der Waals surface area contributed by atoms with E-state index in [1.54, 1.807) is 12.3 Å². The fourth-order valence-electron chi connectivity index (χ4n) is 2.75. The summed E-state index contributed by atoms with van der Waals surface area (Å²) in [4.78, 5) is 20.4. The lowest BCUT2D eigenvalue weighted by atomic mass is 10.2. The molecule has 0 saturated heterocycles. The number of rotatable bonds is 8. The van der Waals surface area contributed by atoms with E-state index < -0.39 is 0 Å². The monoisotopic (exact) mass is 357 g/mol. The Hall–Kier alpha value is -1.85. The maximum Gasteiger partial charge on any atom is 0.254 e. The SMILES string of the molecule is CC(C)N(CCNC(=O)c1cccnc1Sc1ccccc1)C(C)C. The summed E-state index contributed by atoms with van der Waals surface area (Å²) in [7, 11) is 0. The summed E-state index contributed by atoms with van der Waals surface area (Å²) in [6.07, 6.45) is 1.72. The summed E-state index contributed by atoms with van der Waals surface area (Å²) in [6.45, 7) is 10.2. The van der Waals surface area contributed by atoms with Gasteiger partial charge in [0.05, 0.1) is 5.56 Å². The van der Waals surface area contributed by atoms with Crippen LogP contribution in [0.5, 0.6) is 0 Å². The summed E-state index contributed by atoms with van der Waals surface area (Å²) in [5.41, 5.74) is 0.622. The molecule has 1 aromatic carbocycles. The molecule has 1 aromatic heterocycles. The number of carbonyl (C=O) groups is 1. The van der Waals surface area contributed by atoms with Gasteiger partial charge in [0, 0.05) is 36.3 Å². The van der Waals surface area contributed by atoms with E-state index in [9.17, 15) is 4.79 Å². The summed E-state index contributed by atoms with van der Waals surface area (Å²) in [5.74, 6) is -0.0704. The van der Waals surface area contributed by atoms with E-state index in [4.69, 9.17) is 0 Å². The van der Waals surface area contributed by atoms with Crippen LogP contribution in [0, 0.1) is 0 Å². The zero-order valence-electron chi connectivity index (χ0n) is 15.4. The van der Waals surface area contributed by atoms with Gasteiger partial charge in [-0.2, -0.15) is 0 Å². The molecule has 1 amide bonds. The Balaban J connectivity index is 2.00. The second kappa shape index (κ2) is 9.59. The normalized spacial score (nSPS) is 11.3. The molecular weight excluding hydrogens is 330 g/mol. The first-order valence-electron chi connectivity index (χ1n) is 8.71. The van der Waals surface area contributed by atoms with Gasteiger partial charge in [-0.3, -0.25) is 9.69 Å². The molecular formula is C20H27N3OS. The quantitative estimate of drug-likeness (QED) is 0.773. The lowest BCUT2D eigenvalue weighted by molar-refractivity contribution is 0.0936. The van der Waals surface area contributed by atoms with Crippen LogP contribution in [-0.4, -0.2) is 41.0 Å². The van der Waals surface area contributed by atoms with Gasteiger partial charge in [0.1, 0.15) is 5.03 Å². The summed E-state index contributed by atoms with van der Waals surface area (Å²) in [6, 6.07) is 14.5. The highest BCUT2D eigenvalue weighted by molar-refractivity contribution is 7.99. The molecule has 0 aliphatic heterocycles. The van der Waals surface area contributed by atoms with E-state index in [1.165, 1.54) is 11.8 Å². The molecule has 0 aliphatic carbocycles. The first kappa shape index (κ1) is 19.5. The Morgan fingerprint density at radius 3 is 2.40 bits per heavy atom. The third kappa shape index (κ3) is 5.87. The zero-order chi connectivity index (χ0) is 18.2. The third-order valence-corrected chi connectivity index (χ3v) is 4.98. The van der Waals surface area contributed by atoms with E-state index in [0.717, 1.165) is 16.5 Å². The van der Waals surface area contributed by atoms with Gasteiger partial charge in [-0.15, -0.1) is 0 Å². The van der Waals surface area contributed by atoms with Crippen molar-refractivity contribution in [2.75, 3.05) is 13.1 Å². The molecule has 25 heavy (non-hydrogen) atoms. The largest absolute Gasteiger partial charge is 0.351 e. The minimum absolute atomic E-state index is 0.0704. The number of aromatic nitrogens is 1. The van der Waals surface area contributed by atoms with Gasteiger partial charge in [0.25, 0.3) is 5.91 Å². The van der Waals surface area contributed by atoms with Crippen molar-refractivity contribution in [2.45, 2.75) is 49.7 Å². The average molecular weight is 358 g/mol. The lowest BCUT2D eigenvalue weighted by Gasteiger charge is -2.30. The zero-order valence-corrected chi connectivity index (χ0v) is 16.2. The maximum absolute atomic E-state index is 12.6. The number of carbonyl (C=O) groups excluding carboxylic acids is 1. The van der Waals surface area contributed by atoms with Crippen LogP contribution in [0.2, 0.25) is 0 Å².